The van der Waals surface area contributed by atoms with Crippen LogP contribution in [0.15, 0.2) is 0 Å². The first kappa shape index (κ1) is 30.9. The molecule has 0 fully saturated rings. The number of nitrogens with zero attached hydrogens (tertiary/aromatic N) is 1. The van der Waals surface area contributed by atoms with Crippen molar-refractivity contribution in [1.29, 1.82) is 0 Å². The third kappa shape index (κ3) is 29.9. The summed E-state index contributed by atoms with van der Waals surface area (Å²) in [7, 11) is 2.62. The minimum Gasteiger partial charge on any atom is -0.415 e. The van der Waals surface area contributed by atoms with Gasteiger partial charge in [-0.25, -0.2) is 0 Å². The van der Waals surface area contributed by atoms with Gasteiger partial charge in [0.1, 0.15) is 0 Å². The van der Waals surface area contributed by atoms with E-state index < -0.39 is 8.32 Å². The molecule has 0 atom stereocenters. The van der Waals surface area contributed by atoms with Gasteiger partial charge in [-0.3, -0.25) is 0 Å². The van der Waals surface area contributed by atoms with Crippen molar-refractivity contribution >= 4 is 8.32 Å². The fourth-order valence-corrected chi connectivity index (χ4v) is 2.77. The molecule has 0 aliphatic carbocycles. The monoisotopic (exact) mass is 469 g/mol. The number of hydrogen-bond acceptors (Lipinski definition) is 9. The first-order valence-electron chi connectivity index (χ1n) is 11.2. The summed E-state index contributed by atoms with van der Waals surface area (Å²) in [4.78, 5) is 2.09. The van der Waals surface area contributed by atoms with Crippen LogP contribution < -0.4 is 0 Å². The van der Waals surface area contributed by atoms with E-state index in [1.807, 2.05) is 14.1 Å². The van der Waals surface area contributed by atoms with Crippen LogP contribution in [-0.2, 0) is 37.6 Å². The number of likely N-dealkylation sites (N-methyl/N-ethyl adjacent to an activating group) is 1. The van der Waals surface area contributed by atoms with Gasteiger partial charge < -0.3 is 42.5 Å². The quantitative estimate of drug-likeness (QED) is 0.146. The first-order valence-corrected chi connectivity index (χ1v) is 14.7. The van der Waals surface area contributed by atoms with Crippen molar-refractivity contribution in [1.82, 2.24) is 4.90 Å². The summed E-state index contributed by atoms with van der Waals surface area (Å²) in [5.41, 5.74) is 0. The first-order chi connectivity index (χ1) is 14.9. The molecule has 188 valence electrons. The maximum Gasteiger partial charge on any atom is 0.183 e. The number of hydrogen-bond donors (Lipinski definition) is 0. The molecule has 0 saturated carbocycles. The molecule has 0 bridgehead atoms. The van der Waals surface area contributed by atoms with Crippen LogP contribution in [0.2, 0.25) is 19.6 Å². The molecule has 9 nitrogen and oxygen atoms in total. The van der Waals surface area contributed by atoms with E-state index in [1.54, 1.807) is 0 Å². The van der Waals surface area contributed by atoms with Gasteiger partial charge in [0, 0.05) is 6.54 Å². The Hall–Kier alpha value is -0.143. The van der Waals surface area contributed by atoms with Gasteiger partial charge in [0.25, 0.3) is 0 Å². The zero-order valence-electron chi connectivity index (χ0n) is 20.5. The predicted molar refractivity (Wildman–Crippen MR) is 124 cm³/mol. The summed E-state index contributed by atoms with van der Waals surface area (Å²) in [6.07, 6.45) is 0. The SMILES string of the molecule is CN(C)CCOCCOCCOCCOCCOCCOCCOCCO[Si](C)(C)C. The molecule has 0 aromatic carbocycles. The van der Waals surface area contributed by atoms with Crippen molar-refractivity contribution in [3.05, 3.63) is 0 Å². The van der Waals surface area contributed by atoms with Crippen molar-refractivity contribution in [2.24, 2.45) is 0 Å². The fourth-order valence-electron chi connectivity index (χ4n) is 2.08. The summed E-state index contributed by atoms with van der Waals surface area (Å²) in [6, 6.07) is 0. The van der Waals surface area contributed by atoms with E-state index >= 15 is 0 Å². The number of rotatable bonds is 25. The van der Waals surface area contributed by atoms with Gasteiger partial charge in [0.05, 0.1) is 99.1 Å². The van der Waals surface area contributed by atoms with Gasteiger partial charge in [0.15, 0.2) is 8.32 Å². The summed E-state index contributed by atoms with van der Waals surface area (Å²) in [5.74, 6) is 0. The Morgan fingerprint density at radius 1 is 0.419 bits per heavy atom. The lowest BCUT2D eigenvalue weighted by molar-refractivity contribution is -0.0215. The van der Waals surface area contributed by atoms with Gasteiger partial charge in [-0.15, -0.1) is 0 Å². The molecule has 0 unspecified atom stereocenters. The Morgan fingerprint density at radius 3 is 0.935 bits per heavy atom. The molecule has 0 N–H and O–H groups in total. The minimum absolute atomic E-state index is 0.546. The van der Waals surface area contributed by atoms with Crippen molar-refractivity contribution in [3.63, 3.8) is 0 Å². The van der Waals surface area contributed by atoms with E-state index in [2.05, 4.69) is 24.5 Å². The Balaban J connectivity index is 3.04. The predicted octanol–water partition coefficient (Wildman–Crippen LogP) is 1.52. The summed E-state index contributed by atoms with van der Waals surface area (Å²) >= 11 is 0. The topological polar surface area (TPSA) is 77.1 Å². The molecule has 0 aromatic heterocycles. The van der Waals surface area contributed by atoms with Gasteiger partial charge in [-0.2, -0.15) is 0 Å². The van der Waals surface area contributed by atoms with Gasteiger partial charge in [0.2, 0.25) is 0 Å². The van der Waals surface area contributed by atoms with Crippen LogP contribution in [0.5, 0.6) is 0 Å². The van der Waals surface area contributed by atoms with E-state index in [0.717, 1.165) is 13.2 Å². The van der Waals surface area contributed by atoms with Crippen molar-refractivity contribution in [2.75, 3.05) is 120 Å². The molecule has 0 heterocycles. The van der Waals surface area contributed by atoms with Gasteiger partial charge in [-0.1, -0.05) is 0 Å². The van der Waals surface area contributed by atoms with E-state index in [0.29, 0.717) is 92.5 Å². The average Bonchev–Trinajstić information content (AvgIpc) is 2.70. The maximum absolute atomic E-state index is 5.70. The standard InChI is InChI=1S/C21H47NO8Si/c1-22(2)6-7-23-8-9-24-10-11-25-12-13-26-14-15-27-16-17-28-18-19-29-20-21-30-31(3,4)5/h6-21H2,1-5H3. The molecule has 31 heavy (non-hydrogen) atoms. The van der Waals surface area contributed by atoms with Crippen LogP contribution >= 0.6 is 0 Å². The van der Waals surface area contributed by atoms with Crippen LogP contribution in [0.3, 0.4) is 0 Å². The largest absolute Gasteiger partial charge is 0.415 e. The van der Waals surface area contributed by atoms with Crippen LogP contribution in [0.1, 0.15) is 0 Å². The summed E-state index contributed by atoms with van der Waals surface area (Å²) < 4.78 is 43.8. The molecule has 0 aliphatic heterocycles. The third-order valence-corrected chi connectivity index (χ3v) is 4.75. The van der Waals surface area contributed by atoms with Crippen LogP contribution in [-0.4, -0.2) is 133 Å². The lowest BCUT2D eigenvalue weighted by Crippen LogP contribution is -2.27. The Labute approximate surface area is 190 Å². The van der Waals surface area contributed by atoms with Crippen LogP contribution in [0.25, 0.3) is 0 Å². The van der Waals surface area contributed by atoms with Crippen molar-refractivity contribution < 1.29 is 37.6 Å². The maximum atomic E-state index is 5.70. The highest BCUT2D eigenvalue weighted by atomic mass is 28.4. The summed E-state index contributed by atoms with van der Waals surface area (Å²) in [6.45, 7) is 16.2. The van der Waals surface area contributed by atoms with Crippen molar-refractivity contribution in [2.45, 2.75) is 19.6 Å². The molecule has 10 heteroatoms. The fraction of sp³-hybridized carbons (Fsp3) is 1.00. The second-order valence-corrected chi connectivity index (χ2v) is 12.6. The molecule has 0 rings (SSSR count). The highest BCUT2D eigenvalue weighted by molar-refractivity contribution is 6.69. The second-order valence-electron chi connectivity index (χ2n) is 8.05. The molecule has 0 aromatic rings. The lowest BCUT2D eigenvalue weighted by Gasteiger charge is -2.16. The van der Waals surface area contributed by atoms with E-state index in [1.165, 1.54) is 0 Å². The van der Waals surface area contributed by atoms with Crippen LogP contribution in [0.4, 0.5) is 0 Å². The average molecular weight is 470 g/mol. The van der Waals surface area contributed by atoms with E-state index in [-0.39, 0.29) is 0 Å². The van der Waals surface area contributed by atoms with E-state index in [9.17, 15) is 0 Å². The van der Waals surface area contributed by atoms with Gasteiger partial charge >= 0.3 is 0 Å². The zero-order chi connectivity index (χ0) is 23.0. The van der Waals surface area contributed by atoms with E-state index in [4.69, 9.17) is 37.6 Å². The number of ether oxygens (including phenoxy) is 7. The smallest absolute Gasteiger partial charge is 0.183 e. The van der Waals surface area contributed by atoms with Crippen molar-refractivity contribution in [3.8, 4) is 0 Å². The van der Waals surface area contributed by atoms with Crippen LogP contribution in [0, 0.1) is 0 Å². The molecule has 0 radical (unpaired) electrons. The Kier molecular flexibility index (Phi) is 22.9. The second kappa shape index (κ2) is 23.0. The highest BCUT2D eigenvalue weighted by Crippen LogP contribution is 2.01. The Bertz CT molecular complexity index is 359. The molecule has 0 amide bonds. The lowest BCUT2D eigenvalue weighted by atomic mass is 10.6. The molecule has 0 saturated heterocycles. The molecule has 0 spiro atoms. The van der Waals surface area contributed by atoms with Gasteiger partial charge in [-0.05, 0) is 33.7 Å². The molecular weight excluding hydrogens is 422 g/mol. The highest BCUT2D eigenvalue weighted by Gasteiger charge is 2.12. The zero-order valence-corrected chi connectivity index (χ0v) is 21.5. The Morgan fingerprint density at radius 2 is 0.677 bits per heavy atom. The molecule has 0 aliphatic rings. The third-order valence-electron chi connectivity index (χ3n) is 3.68. The minimum atomic E-state index is -1.43. The summed E-state index contributed by atoms with van der Waals surface area (Å²) in [5, 5.41) is 0. The molecular formula is C21H47NO8Si. The normalized spacial score (nSPS) is 12.2.